The normalized spacial score (nSPS) is 11.3. The smallest absolute Gasteiger partial charge is 0.119 e. The molecule has 0 bridgehead atoms. The lowest BCUT2D eigenvalue weighted by Crippen LogP contribution is -1.87. The average Bonchev–Trinajstić information content (AvgIpc) is 2.53. The Morgan fingerprint density at radius 1 is 0.714 bits per heavy atom. The van der Waals surface area contributed by atoms with E-state index in [1.54, 1.807) is 7.11 Å². The van der Waals surface area contributed by atoms with Gasteiger partial charge in [0.2, 0.25) is 0 Å². The van der Waals surface area contributed by atoms with E-state index in [0.717, 1.165) is 5.75 Å². The maximum atomic E-state index is 5.34. The molecule has 0 fully saturated rings. The molecule has 0 atom stereocenters. The third kappa shape index (κ3) is 1.78. The van der Waals surface area contributed by atoms with Gasteiger partial charge in [0.15, 0.2) is 0 Å². The molecule has 0 radical (unpaired) electrons. The van der Waals surface area contributed by atoms with Crippen molar-refractivity contribution in [1.29, 1.82) is 0 Å². The number of benzene rings is 4. The van der Waals surface area contributed by atoms with Gasteiger partial charge in [-0.1, -0.05) is 48.5 Å². The van der Waals surface area contributed by atoms with E-state index in [-0.39, 0.29) is 0 Å². The summed E-state index contributed by atoms with van der Waals surface area (Å²) in [5, 5.41) is 7.79. The van der Waals surface area contributed by atoms with Gasteiger partial charge in [-0.05, 0) is 56.9 Å². The second-order valence-electron chi connectivity index (χ2n) is 5.49. The van der Waals surface area contributed by atoms with Crippen molar-refractivity contribution in [2.75, 3.05) is 7.11 Å². The number of hydrogen-bond acceptors (Lipinski definition) is 1. The molecule has 102 valence electrons. The van der Waals surface area contributed by atoms with E-state index >= 15 is 0 Å². The number of rotatable bonds is 1. The molecule has 4 aromatic rings. The second-order valence-corrected chi connectivity index (χ2v) is 5.49. The fourth-order valence-electron chi connectivity index (χ4n) is 3.26. The number of hydrogen-bond donors (Lipinski definition) is 0. The first-order valence-electron chi connectivity index (χ1n) is 7.17. The lowest BCUT2D eigenvalue weighted by molar-refractivity contribution is 0.415. The fraction of sp³-hybridized carbons (Fsp3) is 0.100. The molecule has 1 heteroatoms. The third-order valence-electron chi connectivity index (χ3n) is 4.24. The Kier molecular flexibility index (Phi) is 2.61. The van der Waals surface area contributed by atoms with Crippen molar-refractivity contribution in [2.24, 2.45) is 0 Å². The van der Waals surface area contributed by atoms with Gasteiger partial charge in [0.25, 0.3) is 0 Å². The van der Waals surface area contributed by atoms with Crippen molar-refractivity contribution in [3.8, 4) is 5.75 Å². The predicted octanol–water partition coefficient (Wildman–Crippen LogP) is 5.46. The predicted molar refractivity (Wildman–Crippen MR) is 90.2 cm³/mol. The van der Waals surface area contributed by atoms with Gasteiger partial charge in [0, 0.05) is 0 Å². The van der Waals surface area contributed by atoms with Gasteiger partial charge in [0.05, 0.1) is 7.11 Å². The molecule has 4 rings (SSSR count). The van der Waals surface area contributed by atoms with Crippen LogP contribution in [0.3, 0.4) is 0 Å². The van der Waals surface area contributed by atoms with Crippen LogP contribution in [0.4, 0.5) is 0 Å². The highest BCUT2D eigenvalue weighted by Gasteiger charge is 2.08. The lowest BCUT2D eigenvalue weighted by atomic mass is 9.93. The summed E-state index contributed by atoms with van der Waals surface area (Å²) in [6.45, 7) is 2.19. The van der Waals surface area contributed by atoms with Crippen molar-refractivity contribution in [2.45, 2.75) is 6.92 Å². The van der Waals surface area contributed by atoms with E-state index in [9.17, 15) is 0 Å². The molecule has 4 aromatic carbocycles. The van der Waals surface area contributed by atoms with Crippen molar-refractivity contribution in [3.63, 3.8) is 0 Å². The third-order valence-corrected chi connectivity index (χ3v) is 4.24. The van der Waals surface area contributed by atoms with E-state index in [1.165, 1.54) is 37.9 Å². The summed E-state index contributed by atoms with van der Waals surface area (Å²) in [7, 11) is 1.71. The van der Waals surface area contributed by atoms with E-state index < -0.39 is 0 Å². The molecule has 0 aliphatic rings. The van der Waals surface area contributed by atoms with Crippen LogP contribution in [0.2, 0.25) is 0 Å². The summed E-state index contributed by atoms with van der Waals surface area (Å²) in [6, 6.07) is 21.6. The van der Waals surface area contributed by atoms with Crippen LogP contribution in [0.5, 0.6) is 5.75 Å². The van der Waals surface area contributed by atoms with Gasteiger partial charge >= 0.3 is 0 Å². The number of methoxy groups -OCH3 is 1. The Morgan fingerprint density at radius 2 is 1.52 bits per heavy atom. The zero-order valence-corrected chi connectivity index (χ0v) is 12.2. The highest BCUT2D eigenvalue weighted by molar-refractivity contribution is 6.18. The van der Waals surface area contributed by atoms with Gasteiger partial charge in [-0.25, -0.2) is 0 Å². The lowest BCUT2D eigenvalue weighted by Gasteiger charge is -2.11. The van der Waals surface area contributed by atoms with Crippen molar-refractivity contribution < 1.29 is 4.74 Å². The zero-order valence-electron chi connectivity index (χ0n) is 12.2. The molecule has 0 aliphatic carbocycles. The van der Waals surface area contributed by atoms with Gasteiger partial charge in [-0.15, -0.1) is 0 Å². The molecule has 0 N–H and O–H groups in total. The minimum atomic E-state index is 0.905. The SMILES string of the molecule is COc1ccc2c(c1)cc(C)c1c3ccccc3ccc21. The van der Waals surface area contributed by atoms with Crippen molar-refractivity contribution in [3.05, 3.63) is 66.2 Å². The first-order chi connectivity index (χ1) is 10.3. The van der Waals surface area contributed by atoms with Crippen LogP contribution in [0.25, 0.3) is 32.3 Å². The van der Waals surface area contributed by atoms with E-state index in [4.69, 9.17) is 4.74 Å². The second kappa shape index (κ2) is 4.49. The molecule has 0 heterocycles. The number of aryl methyl sites for hydroxylation is 1. The Bertz CT molecular complexity index is 983. The van der Waals surface area contributed by atoms with Crippen LogP contribution < -0.4 is 4.74 Å². The molecule has 0 aromatic heterocycles. The minimum Gasteiger partial charge on any atom is -0.497 e. The summed E-state index contributed by atoms with van der Waals surface area (Å²) >= 11 is 0. The van der Waals surface area contributed by atoms with E-state index in [1.807, 2.05) is 6.07 Å². The molecule has 0 saturated heterocycles. The standard InChI is InChI=1S/C20H16O/c1-13-11-15-12-16(21-2)8-10-17(15)19-9-7-14-5-3-4-6-18(14)20(13)19/h3-12H,1-2H3. The Hall–Kier alpha value is -2.54. The number of ether oxygens (including phenoxy) is 1. The summed E-state index contributed by atoms with van der Waals surface area (Å²) in [4.78, 5) is 0. The summed E-state index contributed by atoms with van der Waals surface area (Å²) in [5.74, 6) is 0.905. The summed E-state index contributed by atoms with van der Waals surface area (Å²) in [6.07, 6.45) is 0. The molecule has 0 amide bonds. The van der Waals surface area contributed by atoms with Gasteiger partial charge in [-0.2, -0.15) is 0 Å². The topological polar surface area (TPSA) is 9.23 Å². The van der Waals surface area contributed by atoms with Gasteiger partial charge in [-0.3, -0.25) is 0 Å². The Labute approximate surface area is 123 Å². The van der Waals surface area contributed by atoms with Gasteiger partial charge in [0.1, 0.15) is 5.75 Å². The fourth-order valence-corrected chi connectivity index (χ4v) is 3.26. The zero-order chi connectivity index (χ0) is 14.4. The van der Waals surface area contributed by atoms with Crippen LogP contribution in [-0.2, 0) is 0 Å². The minimum absolute atomic E-state index is 0.905. The maximum absolute atomic E-state index is 5.34. The summed E-state index contributed by atoms with van der Waals surface area (Å²) < 4.78 is 5.34. The first-order valence-corrected chi connectivity index (χ1v) is 7.17. The molecular weight excluding hydrogens is 256 g/mol. The first kappa shape index (κ1) is 12.2. The quantitative estimate of drug-likeness (QED) is 0.418. The van der Waals surface area contributed by atoms with Crippen LogP contribution >= 0.6 is 0 Å². The molecule has 0 saturated carbocycles. The van der Waals surface area contributed by atoms with E-state index in [2.05, 4.69) is 61.5 Å². The van der Waals surface area contributed by atoms with Crippen molar-refractivity contribution in [1.82, 2.24) is 0 Å². The van der Waals surface area contributed by atoms with Gasteiger partial charge < -0.3 is 4.74 Å². The van der Waals surface area contributed by atoms with Crippen LogP contribution in [-0.4, -0.2) is 7.11 Å². The van der Waals surface area contributed by atoms with Crippen molar-refractivity contribution >= 4 is 32.3 Å². The Balaban J connectivity index is 2.23. The average molecular weight is 272 g/mol. The molecule has 21 heavy (non-hydrogen) atoms. The molecule has 0 aliphatic heterocycles. The Morgan fingerprint density at radius 3 is 2.38 bits per heavy atom. The highest BCUT2D eigenvalue weighted by atomic mass is 16.5. The molecular formula is C20H16O. The molecule has 0 unspecified atom stereocenters. The van der Waals surface area contributed by atoms with Crippen LogP contribution in [0.1, 0.15) is 5.56 Å². The van der Waals surface area contributed by atoms with Crippen LogP contribution in [0.15, 0.2) is 60.7 Å². The number of fused-ring (bicyclic) bond motifs is 5. The molecule has 0 spiro atoms. The van der Waals surface area contributed by atoms with E-state index in [0.29, 0.717) is 0 Å². The van der Waals surface area contributed by atoms with Crippen LogP contribution in [0, 0.1) is 6.92 Å². The maximum Gasteiger partial charge on any atom is 0.119 e. The highest BCUT2D eigenvalue weighted by Crippen LogP contribution is 2.35. The molecule has 1 nitrogen and oxygen atoms in total. The summed E-state index contributed by atoms with van der Waals surface area (Å²) in [5.41, 5.74) is 1.31. The monoisotopic (exact) mass is 272 g/mol. The largest absolute Gasteiger partial charge is 0.497 e.